The molecule has 0 spiro atoms. The summed E-state index contributed by atoms with van der Waals surface area (Å²) < 4.78 is 0. The molecule has 0 aromatic heterocycles. The van der Waals surface area contributed by atoms with E-state index in [1.165, 1.54) is 38.8 Å². The molecular formula is C14H30N2. The molecule has 2 unspecified atom stereocenters. The van der Waals surface area contributed by atoms with E-state index >= 15 is 0 Å². The molecule has 1 aliphatic rings. The number of hydrogen-bond acceptors (Lipinski definition) is 2. The van der Waals surface area contributed by atoms with Crippen LogP contribution >= 0.6 is 0 Å². The van der Waals surface area contributed by atoms with E-state index in [9.17, 15) is 0 Å². The predicted octanol–water partition coefficient (Wildman–Crippen LogP) is 2.89. The summed E-state index contributed by atoms with van der Waals surface area (Å²) >= 11 is 0. The average Bonchev–Trinajstić information content (AvgIpc) is 2.66. The summed E-state index contributed by atoms with van der Waals surface area (Å²) in [7, 11) is 0. The highest BCUT2D eigenvalue weighted by Crippen LogP contribution is 2.23. The quantitative estimate of drug-likeness (QED) is 0.718. The van der Waals surface area contributed by atoms with Gasteiger partial charge < -0.3 is 10.2 Å². The Morgan fingerprint density at radius 1 is 1.31 bits per heavy atom. The van der Waals surface area contributed by atoms with Crippen molar-refractivity contribution in [1.82, 2.24) is 10.2 Å². The first kappa shape index (κ1) is 14.0. The molecule has 16 heavy (non-hydrogen) atoms. The van der Waals surface area contributed by atoms with Gasteiger partial charge in [0.1, 0.15) is 0 Å². The zero-order valence-corrected chi connectivity index (χ0v) is 11.6. The fraction of sp³-hybridized carbons (Fsp3) is 1.00. The lowest BCUT2D eigenvalue weighted by Gasteiger charge is -2.27. The third-order valence-corrected chi connectivity index (χ3v) is 3.82. The lowest BCUT2D eigenvalue weighted by atomic mass is 10.0. The van der Waals surface area contributed by atoms with Crippen LogP contribution in [0.1, 0.15) is 53.4 Å². The summed E-state index contributed by atoms with van der Waals surface area (Å²) in [6, 6.07) is 1.54. The van der Waals surface area contributed by atoms with Crippen LogP contribution in [0.3, 0.4) is 0 Å². The van der Waals surface area contributed by atoms with Gasteiger partial charge in [-0.15, -0.1) is 0 Å². The van der Waals surface area contributed by atoms with Crippen molar-refractivity contribution in [2.75, 3.05) is 19.6 Å². The number of nitrogens with one attached hydrogen (secondary N) is 1. The Morgan fingerprint density at radius 2 is 2.06 bits per heavy atom. The molecule has 1 saturated heterocycles. The second-order valence-corrected chi connectivity index (χ2v) is 5.59. The van der Waals surface area contributed by atoms with E-state index in [1.54, 1.807) is 0 Å². The van der Waals surface area contributed by atoms with Crippen LogP contribution in [0, 0.1) is 5.92 Å². The van der Waals surface area contributed by atoms with Gasteiger partial charge >= 0.3 is 0 Å². The Morgan fingerprint density at radius 3 is 2.69 bits per heavy atom. The number of nitrogens with zero attached hydrogens (tertiary/aromatic N) is 1. The summed E-state index contributed by atoms with van der Waals surface area (Å²) in [6.07, 6.45) is 5.48. The molecule has 0 radical (unpaired) electrons. The molecule has 0 aromatic carbocycles. The highest BCUT2D eigenvalue weighted by molar-refractivity contribution is 4.81. The van der Waals surface area contributed by atoms with E-state index in [4.69, 9.17) is 0 Å². The van der Waals surface area contributed by atoms with Crippen molar-refractivity contribution in [2.45, 2.75) is 65.5 Å². The summed E-state index contributed by atoms with van der Waals surface area (Å²) in [6.45, 7) is 12.9. The van der Waals surface area contributed by atoms with Gasteiger partial charge in [0.25, 0.3) is 0 Å². The van der Waals surface area contributed by atoms with Crippen molar-refractivity contribution in [3.63, 3.8) is 0 Å². The van der Waals surface area contributed by atoms with E-state index in [1.807, 2.05) is 0 Å². The normalized spacial score (nSPS) is 24.2. The lowest BCUT2D eigenvalue weighted by Crippen LogP contribution is -2.35. The van der Waals surface area contributed by atoms with Crippen molar-refractivity contribution >= 4 is 0 Å². The molecule has 2 atom stereocenters. The van der Waals surface area contributed by atoms with Crippen LogP contribution in [0.2, 0.25) is 0 Å². The van der Waals surface area contributed by atoms with Crippen molar-refractivity contribution in [1.29, 1.82) is 0 Å². The SMILES string of the molecule is CCNC(C)CCCN1CCCC1C(C)C. The molecule has 0 saturated carbocycles. The van der Waals surface area contributed by atoms with E-state index in [0.29, 0.717) is 6.04 Å². The van der Waals surface area contributed by atoms with Gasteiger partial charge in [-0.2, -0.15) is 0 Å². The summed E-state index contributed by atoms with van der Waals surface area (Å²) in [5.74, 6) is 0.827. The first-order valence-corrected chi connectivity index (χ1v) is 7.12. The zero-order chi connectivity index (χ0) is 12.0. The molecule has 1 fully saturated rings. The van der Waals surface area contributed by atoms with Crippen LogP contribution in [-0.4, -0.2) is 36.6 Å². The molecule has 96 valence electrons. The minimum Gasteiger partial charge on any atom is -0.315 e. The van der Waals surface area contributed by atoms with Gasteiger partial charge in [-0.1, -0.05) is 20.8 Å². The molecular weight excluding hydrogens is 196 g/mol. The van der Waals surface area contributed by atoms with Crippen molar-refractivity contribution in [3.05, 3.63) is 0 Å². The van der Waals surface area contributed by atoms with Crippen LogP contribution in [0.25, 0.3) is 0 Å². The number of hydrogen-bond donors (Lipinski definition) is 1. The lowest BCUT2D eigenvalue weighted by molar-refractivity contribution is 0.201. The monoisotopic (exact) mass is 226 g/mol. The Labute approximate surface area is 102 Å². The Hall–Kier alpha value is -0.0800. The third-order valence-electron chi connectivity index (χ3n) is 3.82. The summed E-state index contributed by atoms with van der Waals surface area (Å²) in [5, 5.41) is 3.49. The van der Waals surface area contributed by atoms with Gasteiger partial charge in [0, 0.05) is 12.1 Å². The van der Waals surface area contributed by atoms with Gasteiger partial charge in [-0.25, -0.2) is 0 Å². The molecule has 1 heterocycles. The first-order valence-electron chi connectivity index (χ1n) is 7.12. The van der Waals surface area contributed by atoms with Gasteiger partial charge in [0.2, 0.25) is 0 Å². The molecule has 0 aromatic rings. The van der Waals surface area contributed by atoms with Crippen molar-refractivity contribution < 1.29 is 0 Å². The van der Waals surface area contributed by atoms with Crippen LogP contribution in [0.4, 0.5) is 0 Å². The van der Waals surface area contributed by atoms with Crippen LogP contribution in [0.5, 0.6) is 0 Å². The Bertz CT molecular complexity index is 180. The van der Waals surface area contributed by atoms with Crippen molar-refractivity contribution in [3.8, 4) is 0 Å². The topological polar surface area (TPSA) is 15.3 Å². The van der Waals surface area contributed by atoms with E-state index in [0.717, 1.165) is 18.5 Å². The van der Waals surface area contributed by atoms with Gasteiger partial charge in [-0.05, 0) is 58.2 Å². The second-order valence-electron chi connectivity index (χ2n) is 5.59. The minimum absolute atomic E-state index is 0.685. The van der Waals surface area contributed by atoms with Crippen LogP contribution < -0.4 is 5.32 Å². The van der Waals surface area contributed by atoms with Crippen molar-refractivity contribution in [2.24, 2.45) is 5.92 Å². The highest BCUT2D eigenvalue weighted by atomic mass is 15.2. The highest BCUT2D eigenvalue weighted by Gasteiger charge is 2.26. The summed E-state index contributed by atoms with van der Waals surface area (Å²) in [4.78, 5) is 2.71. The minimum atomic E-state index is 0.685. The number of likely N-dealkylation sites (tertiary alicyclic amines) is 1. The molecule has 1 aliphatic heterocycles. The standard InChI is InChI=1S/C14H30N2/c1-5-15-13(4)8-6-10-16-11-7-9-14(16)12(2)3/h12-15H,5-11H2,1-4H3. The molecule has 0 bridgehead atoms. The molecule has 1 rings (SSSR count). The summed E-state index contributed by atoms with van der Waals surface area (Å²) in [5.41, 5.74) is 0. The molecule has 2 heteroatoms. The molecule has 0 amide bonds. The smallest absolute Gasteiger partial charge is 0.0119 e. The fourth-order valence-electron chi connectivity index (χ4n) is 2.94. The van der Waals surface area contributed by atoms with Crippen LogP contribution in [-0.2, 0) is 0 Å². The van der Waals surface area contributed by atoms with Gasteiger partial charge in [0.05, 0.1) is 0 Å². The van der Waals surface area contributed by atoms with Gasteiger partial charge in [-0.3, -0.25) is 0 Å². The largest absolute Gasteiger partial charge is 0.315 e. The molecule has 2 nitrogen and oxygen atoms in total. The Kier molecular flexibility index (Phi) is 6.37. The van der Waals surface area contributed by atoms with E-state index in [2.05, 4.69) is 37.9 Å². The van der Waals surface area contributed by atoms with Gasteiger partial charge in [0.15, 0.2) is 0 Å². The van der Waals surface area contributed by atoms with E-state index in [-0.39, 0.29) is 0 Å². The second kappa shape index (κ2) is 7.29. The predicted molar refractivity (Wildman–Crippen MR) is 71.8 cm³/mol. The van der Waals surface area contributed by atoms with E-state index < -0.39 is 0 Å². The Balaban J connectivity index is 2.16. The maximum Gasteiger partial charge on any atom is 0.0119 e. The molecule has 1 N–H and O–H groups in total. The first-order chi connectivity index (χ1) is 7.65. The fourth-order valence-corrected chi connectivity index (χ4v) is 2.94. The molecule has 0 aliphatic carbocycles. The maximum absolute atomic E-state index is 3.49. The average molecular weight is 226 g/mol. The zero-order valence-electron chi connectivity index (χ0n) is 11.6. The van der Waals surface area contributed by atoms with Crippen LogP contribution in [0.15, 0.2) is 0 Å². The number of rotatable bonds is 7. The maximum atomic E-state index is 3.49. The third kappa shape index (κ3) is 4.42.